The molecular weight excluding hydrogens is 624 g/mol. The number of esters is 3. The fourth-order valence-electron chi connectivity index (χ4n) is 13.1. The van der Waals surface area contributed by atoms with Crippen molar-refractivity contribution in [3.8, 4) is 0 Å². The summed E-state index contributed by atoms with van der Waals surface area (Å²) in [5, 5.41) is 24.1. The second-order valence-electron chi connectivity index (χ2n) is 16.7. The molecule has 0 aromatic carbocycles. The summed E-state index contributed by atoms with van der Waals surface area (Å²) >= 11 is 0. The number of hydrogen-bond donors (Lipinski definition) is 2. The summed E-state index contributed by atoms with van der Waals surface area (Å²) in [5.41, 5.74) is -4.48. The molecule has 48 heavy (non-hydrogen) atoms. The van der Waals surface area contributed by atoms with Crippen LogP contribution in [0, 0.1) is 57.7 Å². The van der Waals surface area contributed by atoms with Crippen LogP contribution in [0.15, 0.2) is 23.7 Å². The first-order valence-corrected chi connectivity index (χ1v) is 17.1. The lowest BCUT2D eigenvalue weighted by Gasteiger charge is -2.62. The highest BCUT2D eigenvalue weighted by Gasteiger charge is 2.92. The van der Waals surface area contributed by atoms with Gasteiger partial charge in [-0.2, -0.15) is 0 Å². The summed E-state index contributed by atoms with van der Waals surface area (Å²) in [7, 11) is 0. The summed E-state index contributed by atoms with van der Waals surface area (Å²) in [6.07, 6.45) is -3.50. The van der Waals surface area contributed by atoms with Crippen LogP contribution in [0.2, 0.25) is 0 Å². The van der Waals surface area contributed by atoms with Crippen molar-refractivity contribution >= 4 is 23.7 Å². The first-order valence-electron chi connectivity index (χ1n) is 17.1. The van der Waals surface area contributed by atoms with Gasteiger partial charge in [0.15, 0.2) is 5.76 Å². The first-order chi connectivity index (χ1) is 22.2. The van der Waals surface area contributed by atoms with Crippen molar-refractivity contribution in [3.05, 3.63) is 23.7 Å². The number of hydrogen-bond acceptors (Lipinski definition) is 12. The standard InChI is InChI=1S/C36H46O12/c1-12-21-20(26(41)25(40)18-11-19-27(46-19)31(32(18,21)7)45-17(6)39)23-28(43-15(4)37)24-22(33(23,8)29(12)44-16(5)38)13(2)30-36(48-30)34(24,9)35(10,42)14(3)47-36/h12-13,19-24,27-31,40,42H,3,11H2,1-2,4-10H3/t12?,13-,19-,20+,21?,22-,23+,24-,27-,28+,29-,30-,31-,32-,33+,34-,35+,36-/m0/s1. The SMILES string of the molecule is C=C1O[C@]23O[C@H]2[C@@H](C)[C@H]2[C@@H]([C@H](OC(C)=O)[C@H]4[C@@H]5C(=O)C(O)=C6C[C@@H]7O[C@@H]7[C@H](OC(C)=O)[C@]6(C)C5C(C)[C@H](OC(C)=O)[C@]24C)[C@@]3(C)[C@]1(C)O. The van der Waals surface area contributed by atoms with E-state index in [0.29, 0.717) is 12.0 Å². The van der Waals surface area contributed by atoms with Crippen LogP contribution in [0.25, 0.3) is 0 Å². The molecular formula is C36H46O12. The quantitative estimate of drug-likeness (QED) is 0.256. The van der Waals surface area contributed by atoms with Gasteiger partial charge in [-0.25, -0.2) is 0 Å². The minimum Gasteiger partial charge on any atom is -0.504 e. The summed E-state index contributed by atoms with van der Waals surface area (Å²) in [5.74, 6) is -7.73. The van der Waals surface area contributed by atoms with Crippen molar-refractivity contribution in [2.75, 3.05) is 0 Å². The zero-order chi connectivity index (χ0) is 35.0. The van der Waals surface area contributed by atoms with Crippen molar-refractivity contribution in [3.63, 3.8) is 0 Å². The molecule has 0 aromatic heterocycles. The van der Waals surface area contributed by atoms with Gasteiger partial charge in [0.1, 0.15) is 41.9 Å². The molecule has 12 nitrogen and oxygen atoms in total. The Morgan fingerprint density at radius 3 is 2.08 bits per heavy atom. The van der Waals surface area contributed by atoms with Crippen molar-refractivity contribution in [2.45, 2.75) is 117 Å². The van der Waals surface area contributed by atoms with Gasteiger partial charge < -0.3 is 38.6 Å². The summed E-state index contributed by atoms with van der Waals surface area (Å²) < 4.78 is 37.4. The smallest absolute Gasteiger partial charge is 0.303 e. The van der Waals surface area contributed by atoms with Gasteiger partial charge in [-0.3, -0.25) is 19.2 Å². The number of ketones is 1. The highest BCUT2D eigenvalue weighted by Crippen LogP contribution is 2.82. The topological polar surface area (TPSA) is 171 Å². The van der Waals surface area contributed by atoms with Gasteiger partial charge in [0.25, 0.3) is 0 Å². The number of carbonyl (C=O) groups excluding carboxylic acids is 4. The second-order valence-corrected chi connectivity index (χ2v) is 16.7. The highest BCUT2D eigenvalue weighted by molar-refractivity contribution is 5.98. The van der Waals surface area contributed by atoms with E-state index in [4.69, 9.17) is 28.4 Å². The van der Waals surface area contributed by atoms with E-state index in [1.807, 2.05) is 34.6 Å². The largest absolute Gasteiger partial charge is 0.504 e. The van der Waals surface area contributed by atoms with Crippen LogP contribution in [0.4, 0.5) is 0 Å². The number of allylic oxidation sites excluding steroid dienone is 1. The maximum atomic E-state index is 14.8. The van der Waals surface area contributed by atoms with Crippen LogP contribution < -0.4 is 0 Å². The highest BCUT2D eigenvalue weighted by atomic mass is 16.8. The Morgan fingerprint density at radius 2 is 1.48 bits per heavy atom. The lowest BCUT2D eigenvalue weighted by Crippen LogP contribution is -2.68. The lowest BCUT2D eigenvalue weighted by atomic mass is 9.41. The third-order valence-corrected chi connectivity index (χ3v) is 14.8. The average molecular weight is 671 g/mol. The van der Waals surface area contributed by atoms with Crippen molar-refractivity contribution < 1.29 is 57.8 Å². The van der Waals surface area contributed by atoms with Crippen LogP contribution in [0.1, 0.15) is 68.7 Å². The van der Waals surface area contributed by atoms with Crippen LogP contribution in [0.5, 0.6) is 0 Å². The number of fused-ring (bicyclic) bond motifs is 9. The Hall–Kier alpha value is -2.96. The molecule has 3 heterocycles. The van der Waals surface area contributed by atoms with Gasteiger partial charge in [-0.15, -0.1) is 0 Å². The van der Waals surface area contributed by atoms with Gasteiger partial charge in [0.05, 0.1) is 11.5 Å². The molecule has 0 bridgehead atoms. The van der Waals surface area contributed by atoms with Crippen LogP contribution >= 0.6 is 0 Å². The molecule has 4 saturated carbocycles. The van der Waals surface area contributed by atoms with Crippen LogP contribution in [-0.4, -0.2) is 81.9 Å². The van der Waals surface area contributed by atoms with E-state index in [0.717, 1.165) is 0 Å². The normalized spacial score (nSPS) is 56.6. The monoisotopic (exact) mass is 670 g/mol. The molecule has 0 aromatic rings. The van der Waals surface area contributed by atoms with Gasteiger partial charge in [0.2, 0.25) is 11.6 Å². The van der Waals surface area contributed by atoms with Crippen molar-refractivity contribution in [1.29, 1.82) is 0 Å². The average Bonchev–Trinajstić information content (AvgIpc) is 3.88. The molecule has 0 radical (unpaired) electrons. The van der Waals surface area contributed by atoms with Gasteiger partial charge in [-0.05, 0) is 43.1 Å². The Bertz CT molecular complexity index is 1610. The van der Waals surface area contributed by atoms with Crippen LogP contribution in [0.3, 0.4) is 0 Å². The minimum atomic E-state index is -1.63. The molecule has 0 amide bonds. The lowest BCUT2D eigenvalue weighted by molar-refractivity contribution is -0.217. The summed E-state index contributed by atoms with van der Waals surface area (Å²) in [6, 6.07) is 0. The fraction of sp³-hybridized carbons (Fsp3) is 0.778. The first kappa shape index (κ1) is 32.3. The van der Waals surface area contributed by atoms with E-state index in [2.05, 4.69) is 6.58 Å². The zero-order valence-electron chi connectivity index (χ0n) is 28.9. The second kappa shape index (κ2) is 9.23. The van der Waals surface area contributed by atoms with Gasteiger partial charge in [0, 0.05) is 55.8 Å². The Labute approximate surface area is 279 Å². The van der Waals surface area contributed by atoms with E-state index in [-0.39, 0.29) is 23.5 Å². The predicted molar refractivity (Wildman–Crippen MR) is 163 cm³/mol. The molecule has 5 aliphatic carbocycles. The van der Waals surface area contributed by atoms with Crippen molar-refractivity contribution in [2.24, 2.45) is 57.7 Å². The van der Waals surface area contributed by atoms with E-state index in [1.165, 1.54) is 20.8 Å². The van der Waals surface area contributed by atoms with E-state index >= 15 is 0 Å². The number of Topliss-reactive ketones (excluding diaryl/α,β-unsaturated/α-hetero) is 1. The molecule has 3 aliphatic heterocycles. The molecule has 2 N–H and O–H groups in total. The zero-order valence-corrected chi connectivity index (χ0v) is 28.9. The third-order valence-electron chi connectivity index (χ3n) is 14.8. The number of epoxide rings is 2. The fourth-order valence-corrected chi connectivity index (χ4v) is 13.1. The number of rotatable bonds is 3. The van der Waals surface area contributed by atoms with E-state index in [9.17, 15) is 29.4 Å². The molecule has 12 heteroatoms. The molecule has 2 unspecified atom stereocenters. The minimum absolute atomic E-state index is 0.140. The van der Waals surface area contributed by atoms with Gasteiger partial charge in [-0.1, -0.05) is 34.3 Å². The molecule has 7 fully saturated rings. The van der Waals surface area contributed by atoms with Crippen molar-refractivity contribution in [1.82, 2.24) is 0 Å². The maximum absolute atomic E-state index is 14.8. The molecule has 8 rings (SSSR count). The predicted octanol–water partition coefficient (Wildman–Crippen LogP) is 3.15. The Morgan fingerprint density at radius 1 is 0.875 bits per heavy atom. The van der Waals surface area contributed by atoms with E-state index in [1.54, 1.807) is 6.92 Å². The third kappa shape index (κ3) is 3.33. The Kier molecular flexibility index (Phi) is 6.20. The Balaban J connectivity index is 1.40. The number of ether oxygens (including phenoxy) is 6. The molecule has 3 saturated heterocycles. The number of aliphatic hydroxyl groups is 2. The summed E-state index contributed by atoms with van der Waals surface area (Å²) in [6.45, 7) is 19.4. The molecule has 18 atom stereocenters. The molecule has 262 valence electrons. The van der Waals surface area contributed by atoms with Crippen LogP contribution in [-0.2, 0) is 47.6 Å². The number of aliphatic hydroxyl groups excluding tert-OH is 1. The van der Waals surface area contributed by atoms with E-state index < -0.39 is 117 Å². The van der Waals surface area contributed by atoms with Gasteiger partial charge >= 0.3 is 17.9 Å². The molecule has 8 aliphatic rings. The summed E-state index contributed by atoms with van der Waals surface area (Å²) in [4.78, 5) is 53.6. The maximum Gasteiger partial charge on any atom is 0.303 e. The number of carbonyl (C=O) groups is 4. The molecule has 1 spiro atoms.